The molecule has 0 fully saturated rings. The summed E-state index contributed by atoms with van der Waals surface area (Å²) in [5, 5.41) is 4.28. The van der Waals surface area contributed by atoms with Crippen LogP contribution in [-0.2, 0) is 16.6 Å². The van der Waals surface area contributed by atoms with Gasteiger partial charge in [-0.2, -0.15) is 0 Å². The van der Waals surface area contributed by atoms with Crippen LogP contribution in [0.2, 0.25) is 5.15 Å². The van der Waals surface area contributed by atoms with E-state index in [0.29, 0.717) is 17.9 Å². The highest BCUT2D eigenvalue weighted by Crippen LogP contribution is 2.30. The molecule has 0 saturated carbocycles. The smallest absolute Gasteiger partial charge is 0.229 e. The Labute approximate surface area is 179 Å². The van der Waals surface area contributed by atoms with E-state index >= 15 is 0 Å². The number of aromatic nitrogens is 3. The molecular weight excluding hydrogens is 422 g/mol. The largest absolute Gasteiger partial charge is 0.365 e. The summed E-state index contributed by atoms with van der Waals surface area (Å²) in [6, 6.07) is 17.4. The summed E-state index contributed by atoms with van der Waals surface area (Å²) in [6.45, 7) is 0.627. The molecule has 0 bridgehead atoms. The summed E-state index contributed by atoms with van der Waals surface area (Å²) in [5.74, 6) is 0.710. The van der Waals surface area contributed by atoms with Crippen LogP contribution < -0.4 is 10.0 Å². The predicted octanol–water partition coefficient (Wildman–Crippen LogP) is 4.33. The van der Waals surface area contributed by atoms with Gasteiger partial charge in [0.2, 0.25) is 10.0 Å². The molecule has 7 nitrogen and oxygen atoms in total. The average Bonchev–Trinajstić information content (AvgIpc) is 2.73. The van der Waals surface area contributed by atoms with E-state index in [0.717, 1.165) is 28.3 Å². The number of halogens is 1. The van der Waals surface area contributed by atoms with E-state index in [2.05, 4.69) is 25.0 Å². The molecule has 0 unspecified atom stereocenters. The summed E-state index contributed by atoms with van der Waals surface area (Å²) < 4.78 is 25.6. The van der Waals surface area contributed by atoms with Gasteiger partial charge in [-0.15, -0.1) is 0 Å². The minimum absolute atomic E-state index is 0.0820. The SMILES string of the molecule is CS(=O)(=O)Nc1cc(-c2ccc3ncnc(NCc4ccccc4)c3c2)cnc1Cl. The van der Waals surface area contributed by atoms with Crippen LogP contribution in [0, 0.1) is 0 Å². The third kappa shape index (κ3) is 4.67. The van der Waals surface area contributed by atoms with Gasteiger partial charge in [0.25, 0.3) is 0 Å². The van der Waals surface area contributed by atoms with Crippen molar-refractivity contribution in [2.45, 2.75) is 6.54 Å². The van der Waals surface area contributed by atoms with E-state index in [1.807, 2.05) is 48.5 Å². The summed E-state index contributed by atoms with van der Waals surface area (Å²) in [6.07, 6.45) is 4.18. The first-order valence-corrected chi connectivity index (χ1v) is 11.3. The minimum atomic E-state index is -3.48. The normalized spacial score (nSPS) is 11.4. The molecule has 0 amide bonds. The highest BCUT2D eigenvalue weighted by atomic mass is 35.5. The van der Waals surface area contributed by atoms with E-state index in [-0.39, 0.29) is 10.8 Å². The van der Waals surface area contributed by atoms with Crippen LogP contribution >= 0.6 is 11.6 Å². The van der Waals surface area contributed by atoms with E-state index < -0.39 is 10.0 Å². The van der Waals surface area contributed by atoms with Gasteiger partial charge in [0.05, 0.1) is 17.5 Å². The number of anilines is 2. The van der Waals surface area contributed by atoms with Gasteiger partial charge in [-0.25, -0.2) is 23.4 Å². The molecular formula is C21H18ClN5O2S. The highest BCUT2D eigenvalue weighted by molar-refractivity contribution is 7.92. The fourth-order valence-electron chi connectivity index (χ4n) is 3.04. The molecule has 0 aliphatic rings. The standard InChI is InChI=1S/C21H18ClN5O2S/c1-30(28,29)27-19-10-16(12-23-20(19)22)15-7-8-18-17(9-15)21(26-13-25-18)24-11-14-5-3-2-4-6-14/h2-10,12-13,27H,11H2,1H3,(H,24,25,26). The number of hydrogen-bond acceptors (Lipinski definition) is 6. The van der Waals surface area contributed by atoms with Gasteiger partial charge < -0.3 is 5.32 Å². The van der Waals surface area contributed by atoms with Crippen molar-refractivity contribution in [2.24, 2.45) is 0 Å². The summed E-state index contributed by atoms with van der Waals surface area (Å²) in [5.41, 5.74) is 3.70. The Bertz CT molecular complexity index is 1310. The van der Waals surface area contributed by atoms with Gasteiger partial charge in [-0.3, -0.25) is 4.72 Å². The minimum Gasteiger partial charge on any atom is -0.365 e. The Morgan fingerprint density at radius 3 is 2.53 bits per heavy atom. The Morgan fingerprint density at radius 2 is 1.77 bits per heavy atom. The number of sulfonamides is 1. The number of nitrogens with zero attached hydrogens (tertiary/aromatic N) is 3. The summed E-state index contributed by atoms with van der Waals surface area (Å²) in [4.78, 5) is 12.8. The van der Waals surface area contributed by atoms with Crippen LogP contribution in [0.15, 0.2) is 67.1 Å². The average molecular weight is 440 g/mol. The third-order valence-corrected chi connectivity index (χ3v) is 5.30. The van der Waals surface area contributed by atoms with Crippen LogP contribution in [0.25, 0.3) is 22.0 Å². The van der Waals surface area contributed by atoms with Gasteiger partial charge >= 0.3 is 0 Å². The third-order valence-electron chi connectivity index (χ3n) is 4.41. The van der Waals surface area contributed by atoms with Crippen LogP contribution in [0.3, 0.4) is 0 Å². The Morgan fingerprint density at radius 1 is 0.967 bits per heavy atom. The molecule has 2 aromatic carbocycles. The summed E-state index contributed by atoms with van der Waals surface area (Å²) >= 11 is 6.04. The first-order valence-electron chi connectivity index (χ1n) is 9.05. The number of hydrogen-bond donors (Lipinski definition) is 2. The summed E-state index contributed by atoms with van der Waals surface area (Å²) in [7, 11) is -3.48. The fraction of sp³-hybridized carbons (Fsp3) is 0.0952. The van der Waals surface area contributed by atoms with E-state index in [9.17, 15) is 8.42 Å². The van der Waals surface area contributed by atoms with Gasteiger partial charge in [0.15, 0.2) is 5.15 Å². The Balaban J connectivity index is 1.70. The lowest BCUT2D eigenvalue weighted by Crippen LogP contribution is -2.10. The topological polar surface area (TPSA) is 96.9 Å². The van der Waals surface area contributed by atoms with E-state index in [4.69, 9.17) is 11.6 Å². The van der Waals surface area contributed by atoms with Crippen molar-refractivity contribution < 1.29 is 8.42 Å². The van der Waals surface area contributed by atoms with Crippen molar-refractivity contribution in [3.63, 3.8) is 0 Å². The Kier molecular flexibility index (Phi) is 5.52. The van der Waals surface area contributed by atoms with Gasteiger partial charge in [0, 0.05) is 23.7 Å². The lowest BCUT2D eigenvalue weighted by atomic mass is 10.0. The number of benzene rings is 2. The zero-order valence-electron chi connectivity index (χ0n) is 16.0. The van der Waals surface area contributed by atoms with Gasteiger partial charge in [-0.1, -0.05) is 48.0 Å². The molecule has 2 heterocycles. The van der Waals surface area contributed by atoms with Crippen LogP contribution in [0.1, 0.15) is 5.56 Å². The van der Waals surface area contributed by atoms with Crippen LogP contribution in [0.5, 0.6) is 0 Å². The lowest BCUT2D eigenvalue weighted by molar-refractivity contribution is 0.607. The second-order valence-corrected chi connectivity index (χ2v) is 8.84. The molecule has 152 valence electrons. The Hall–Kier alpha value is -3.23. The zero-order chi connectivity index (χ0) is 21.1. The molecule has 0 radical (unpaired) electrons. The molecule has 9 heteroatoms. The zero-order valence-corrected chi connectivity index (χ0v) is 17.6. The monoisotopic (exact) mass is 439 g/mol. The maximum Gasteiger partial charge on any atom is 0.229 e. The van der Waals surface area contributed by atoms with Crippen LogP contribution in [-0.4, -0.2) is 29.6 Å². The molecule has 2 aromatic heterocycles. The maximum atomic E-state index is 11.6. The molecule has 0 aliphatic carbocycles. The molecule has 0 spiro atoms. The molecule has 0 atom stereocenters. The van der Waals surface area contributed by atoms with E-state index in [1.165, 1.54) is 6.33 Å². The number of nitrogens with one attached hydrogen (secondary N) is 2. The quantitative estimate of drug-likeness (QED) is 0.434. The van der Waals surface area contributed by atoms with Gasteiger partial charge in [-0.05, 0) is 29.3 Å². The van der Waals surface area contributed by atoms with Crippen molar-refractivity contribution in [3.8, 4) is 11.1 Å². The number of rotatable bonds is 6. The second-order valence-electron chi connectivity index (χ2n) is 6.73. The van der Waals surface area contributed by atoms with Crippen molar-refractivity contribution >= 4 is 44.0 Å². The number of pyridine rings is 1. The first-order chi connectivity index (χ1) is 14.4. The lowest BCUT2D eigenvalue weighted by Gasteiger charge is -2.11. The molecule has 0 aliphatic heterocycles. The highest BCUT2D eigenvalue weighted by Gasteiger charge is 2.11. The van der Waals surface area contributed by atoms with Crippen molar-refractivity contribution in [1.29, 1.82) is 0 Å². The second kappa shape index (κ2) is 8.25. The van der Waals surface area contributed by atoms with Crippen LogP contribution in [0.4, 0.5) is 11.5 Å². The number of fused-ring (bicyclic) bond motifs is 1. The first kappa shape index (κ1) is 20.1. The molecule has 4 aromatic rings. The van der Waals surface area contributed by atoms with E-state index in [1.54, 1.807) is 12.3 Å². The van der Waals surface area contributed by atoms with Crippen molar-refractivity contribution in [3.05, 3.63) is 77.8 Å². The molecule has 0 saturated heterocycles. The van der Waals surface area contributed by atoms with Gasteiger partial charge in [0.1, 0.15) is 12.1 Å². The molecule has 4 rings (SSSR count). The maximum absolute atomic E-state index is 11.6. The van der Waals surface area contributed by atoms with Crippen molar-refractivity contribution in [2.75, 3.05) is 16.3 Å². The molecule has 2 N–H and O–H groups in total. The predicted molar refractivity (Wildman–Crippen MR) is 120 cm³/mol. The molecule has 30 heavy (non-hydrogen) atoms. The fourth-order valence-corrected chi connectivity index (χ4v) is 3.80. The van der Waals surface area contributed by atoms with Crippen molar-refractivity contribution in [1.82, 2.24) is 15.0 Å².